The summed E-state index contributed by atoms with van der Waals surface area (Å²) in [7, 11) is -3.40. The van der Waals surface area contributed by atoms with Crippen molar-refractivity contribution in [2.24, 2.45) is 0 Å². The number of halogens is 2. The molecule has 6 nitrogen and oxygen atoms in total. The smallest absolute Gasteiger partial charge is 0.193 e. The summed E-state index contributed by atoms with van der Waals surface area (Å²) in [5, 5.41) is 10.2. The molecule has 4 rings (SSSR count). The Morgan fingerprint density at radius 3 is 2.39 bits per heavy atom. The van der Waals surface area contributed by atoms with Crippen molar-refractivity contribution in [3.63, 3.8) is 0 Å². The molecule has 0 aliphatic carbocycles. The van der Waals surface area contributed by atoms with E-state index in [0.29, 0.717) is 33.6 Å². The number of sulfone groups is 1. The zero-order valence-electron chi connectivity index (χ0n) is 20.3. The number of imidazole rings is 1. The molecule has 2 aromatic heterocycles. The van der Waals surface area contributed by atoms with Crippen LogP contribution >= 0.6 is 23.2 Å². The second-order valence-corrected chi connectivity index (χ2v) is 11.8. The third kappa shape index (κ3) is 4.81. The Hall–Kier alpha value is -3.05. The normalized spacial score (nSPS) is 12.0. The predicted molar refractivity (Wildman–Crippen MR) is 143 cm³/mol. The van der Waals surface area contributed by atoms with Crippen LogP contribution in [0.1, 0.15) is 36.2 Å². The van der Waals surface area contributed by atoms with Crippen LogP contribution in [-0.2, 0) is 15.3 Å². The molecular weight excluding hydrogens is 517 g/mol. The Kier molecular flexibility index (Phi) is 7.07. The van der Waals surface area contributed by atoms with Gasteiger partial charge in [0.15, 0.2) is 20.6 Å². The maximum absolute atomic E-state index is 12.2. The van der Waals surface area contributed by atoms with E-state index >= 15 is 0 Å². The monoisotopic (exact) mass is 541 g/mol. The van der Waals surface area contributed by atoms with Gasteiger partial charge < -0.3 is 4.74 Å². The van der Waals surface area contributed by atoms with Gasteiger partial charge in [0.25, 0.3) is 0 Å². The van der Waals surface area contributed by atoms with Gasteiger partial charge in [0.2, 0.25) is 0 Å². The number of pyridine rings is 1. The van der Waals surface area contributed by atoms with Gasteiger partial charge in [-0.25, -0.2) is 13.4 Å². The van der Waals surface area contributed by atoms with Gasteiger partial charge in [-0.3, -0.25) is 4.40 Å². The zero-order valence-corrected chi connectivity index (χ0v) is 22.7. The average Bonchev–Trinajstić information content (AvgIpc) is 3.18. The van der Waals surface area contributed by atoms with Gasteiger partial charge in [0.05, 0.1) is 22.2 Å². The lowest BCUT2D eigenvalue weighted by molar-refractivity contribution is 0.341. The number of fused-ring (bicyclic) bond motifs is 1. The number of nitrogens with zero attached hydrogens (tertiary/aromatic N) is 3. The van der Waals surface area contributed by atoms with Crippen LogP contribution < -0.4 is 4.74 Å². The van der Waals surface area contributed by atoms with Crippen molar-refractivity contribution in [1.82, 2.24) is 9.38 Å². The van der Waals surface area contributed by atoms with Crippen molar-refractivity contribution in [3.05, 3.63) is 82.1 Å². The van der Waals surface area contributed by atoms with Crippen LogP contribution in [0.4, 0.5) is 0 Å². The number of aryl methyl sites for hydroxylation is 1. The van der Waals surface area contributed by atoms with Gasteiger partial charge in [0.1, 0.15) is 18.3 Å². The summed E-state index contributed by atoms with van der Waals surface area (Å²) in [6.45, 7) is 6.10. The molecule has 0 radical (unpaired) electrons. The zero-order chi connectivity index (χ0) is 26.3. The minimum absolute atomic E-state index is 0.204. The predicted octanol–water partition coefficient (Wildman–Crippen LogP) is 6.18. The Bertz CT molecular complexity index is 1600. The van der Waals surface area contributed by atoms with E-state index in [1.807, 2.05) is 42.5 Å². The van der Waals surface area contributed by atoms with Crippen molar-refractivity contribution in [1.29, 1.82) is 5.26 Å². The minimum atomic E-state index is -3.40. The van der Waals surface area contributed by atoms with Crippen molar-refractivity contribution in [2.75, 3.05) is 18.7 Å². The number of nitriles is 1. The van der Waals surface area contributed by atoms with Crippen LogP contribution in [0.25, 0.3) is 16.8 Å². The van der Waals surface area contributed by atoms with Gasteiger partial charge in [0, 0.05) is 17.9 Å². The first-order chi connectivity index (χ1) is 17.0. The molecule has 0 saturated heterocycles. The first-order valence-corrected chi connectivity index (χ1v) is 14.0. The highest BCUT2D eigenvalue weighted by Crippen LogP contribution is 2.39. The van der Waals surface area contributed by atoms with E-state index in [4.69, 9.17) is 27.9 Å². The lowest BCUT2D eigenvalue weighted by atomic mass is 9.77. The molecule has 0 spiro atoms. The van der Waals surface area contributed by atoms with Gasteiger partial charge in [-0.05, 0) is 53.4 Å². The quantitative estimate of drug-likeness (QED) is 0.260. The summed E-state index contributed by atoms with van der Waals surface area (Å²) < 4.78 is 31.5. The van der Waals surface area contributed by atoms with E-state index in [-0.39, 0.29) is 11.6 Å². The molecule has 0 amide bonds. The molecule has 0 saturated carbocycles. The molecule has 0 fully saturated rings. The second kappa shape index (κ2) is 9.78. The maximum Gasteiger partial charge on any atom is 0.193 e. The van der Waals surface area contributed by atoms with Gasteiger partial charge in [-0.2, -0.15) is 5.26 Å². The van der Waals surface area contributed by atoms with Gasteiger partial charge in [-0.15, -0.1) is 11.6 Å². The van der Waals surface area contributed by atoms with Crippen LogP contribution in [0.3, 0.4) is 0 Å². The van der Waals surface area contributed by atoms with Gasteiger partial charge >= 0.3 is 0 Å². The second-order valence-electron chi connectivity index (χ2n) is 9.10. The third-order valence-corrected chi connectivity index (χ3v) is 7.88. The van der Waals surface area contributed by atoms with E-state index < -0.39 is 15.3 Å². The molecule has 0 aliphatic rings. The fourth-order valence-electron chi connectivity index (χ4n) is 4.34. The largest absolute Gasteiger partial charge is 0.489 e. The average molecular weight is 542 g/mol. The molecule has 4 aromatic rings. The number of rotatable bonds is 7. The Balaban J connectivity index is 1.68. The fraction of sp³-hybridized carbons (Fsp3) is 0.259. The van der Waals surface area contributed by atoms with Crippen LogP contribution in [0.5, 0.6) is 5.75 Å². The SMILES string of the molecule is Cc1nc2cc(-c3ccc(C(C)(C)c4cc(Cl)c(OCCCl)c(C#N)c4)cc3)ccn2c1S(C)(=O)=O. The number of benzene rings is 2. The molecule has 0 unspecified atom stereocenters. The number of hydrogen-bond acceptors (Lipinski definition) is 5. The minimum Gasteiger partial charge on any atom is -0.489 e. The summed E-state index contributed by atoms with van der Waals surface area (Å²) in [4.78, 5) is 4.44. The highest BCUT2D eigenvalue weighted by atomic mass is 35.5. The Morgan fingerprint density at radius 2 is 1.78 bits per heavy atom. The third-order valence-electron chi connectivity index (χ3n) is 6.25. The molecule has 0 bridgehead atoms. The Labute approximate surface area is 221 Å². The standard InChI is InChI=1S/C27H25Cl2N3O3S/c1-17-26(36(4,33)34)32-11-9-19(14-24(32)31-17)18-5-7-21(8-6-18)27(2,3)22-13-20(16-30)25(23(29)15-22)35-12-10-28/h5-9,11,13-15H,10,12H2,1-4H3. The molecule has 2 heterocycles. The van der Waals surface area contributed by atoms with E-state index in [0.717, 1.165) is 22.3 Å². The fourth-order valence-corrected chi connectivity index (χ4v) is 5.78. The summed E-state index contributed by atoms with van der Waals surface area (Å²) in [5.74, 6) is 0.644. The molecular formula is C27H25Cl2N3O3S. The summed E-state index contributed by atoms with van der Waals surface area (Å²) >= 11 is 12.2. The molecule has 0 aliphatic heterocycles. The van der Waals surface area contributed by atoms with Crippen LogP contribution in [-0.4, -0.2) is 36.5 Å². The van der Waals surface area contributed by atoms with Crippen molar-refractivity contribution in [2.45, 2.75) is 31.2 Å². The van der Waals surface area contributed by atoms with E-state index in [1.165, 1.54) is 6.26 Å². The molecule has 186 valence electrons. The molecule has 9 heteroatoms. The van der Waals surface area contributed by atoms with Crippen molar-refractivity contribution in [3.8, 4) is 22.9 Å². The van der Waals surface area contributed by atoms with Crippen LogP contribution in [0, 0.1) is 18.3 Å². The molecule has 36 heavy (non-hydrogen) atoms. The maximum atomic E-state index is 12.2. The van der Waals surface area contributed by atoms with Gasteiger partial charge in [-0.1, -0.05) is 49.7 Å². The summed E-state index contributed by atoms with van der Waals surface area (Å²) in [5.41, 5.74) is 4.80. The number of alkyl halides is 1. The lowest BCUT2D eigenvalue weighted by Gasteiger charge is -2.27. The summed E-state index contributed by atoms with van der Waals surface area (Å²) in [6, 6.07) is 17.7. The van der Waals surface area contributed by atoms with E-state index in [2.05, 4.69) is 24.9 Å². The summed E-state index contributed by atoms with van der Waals surface area (Å²) in [6.07, 6.45) is 2.92. The highest BCUT2D eigenvalue weighted by molar-refractivity contribution is 7.90. The van der Waals surface area contributed by atoms with Crippen molar-refractivity contribution < 1.29 is 13.2 Å². The van der Waals surface area contributed by atoms with Crippen LogP contribution in [0.15, 0.2) is 59.8 Å². The van der Waals surface area contributed by atoms with E-state index in [1.54, 1.807) is 23.6 Å². The number of aromatic nitrogens is 2. The molecule has 0 atom stereocenters. The van der Waals surface area contributed by atoms with E-state index in [9.17, 15) is 13.7 Å². The lowest BCUT2D eigenvalue weighted by Crippen LogP contribution is -2.19. The highest BCUT2D eigenvalue weighted by Gasteiger charge is 2.26. The number of hydrogen-bond donors (Lipinski definition) is 0. The molecule has 0 N–H and O–H groups in total. The van der Waals surface area contributed by atoms with Crippen LogP contribution in [0.2, 0.25) is 5.02 Å². The van der Waals surface area contributed by atoms with Crippen molar-refractivity contribution >= 4 is 38.7 Å². The number of ether oxygens (including phenoxy) is 1. The first kappa shape index (κ1) is 26.0. The molecule has 2 aromatic carbocycles. The first-order valence-electron chi connectivity index (χ1n) is 11.2. The Morgan fingerprint density at radius 1 is 1.08 bits per heavy atom. The topological polar surface area (TPSA) is 84.5 Å².